The summed E-state index contributed by atoms with van der Waals surface area (Å²) in [5.74, 6) is 6.39. The zero-order valence-electron chi connectivity index (χ0n) is 49.3. The molecule has 2 N–H and O–H groups in total. The van der Waals surface area contributed by atoms with E-state index in [0.717, 1.165) is 33.5 Å². The summed E-state index contributed by atoms with van der Waals surface area (Å²) in [6.07, 6.45) is 0. The summed E-state index contributed by atoms with van der Waals surface area (Å²) in [5.41, 5.74) is 9.14. The van der Waals surface area contributed by atoms with Crippen LogP contribution in [0.3, 0.4) is 0 Å². The molecule has 13 rings (SSSR count). The lowest BCUT2D eigenvalue weighted by Crippen LogP contribution is -2.34. The van der Waals surface area contributed by atoms with Crippen LogP contribution >= 0.6 is 0 Å². The molecular formula is C68H66N12O4+4. The molecule has 8 bridgehead atoms. The number of nitrogens with zero attached hydrogens (tertiary/aromatic N) is 10. The van der Waals surface area contributed by atoms with Crippen molar-refractivity contribution in [2.24, 2.45) is 0 Å². The first-order chi connectivity index (χ1) is 40.1. The Labute approximate surface area is 487 Å². The summed E-state index contributed by atoms with van der Waals surface area (Å²) in [6.45, 7) is 0. The van der Waals surface area contributed by atoms with Crippen molar-refractivity contribution in [1.29, 1.82) is 0 Å². The fraction of sp³-hybridized carbons (Fsp3) is 0.176. The van der Waals surface area contributed by atoms with Gasteiger partial charge in [-0.15, -0.1) is 0 Å². The Bertz CT molecular complexity index is 4270. The van der Waals surface area contributed by atoms with Gasteiger partial charge in [-0.3, -0.25) is 17.9 Å². The van der Waals surface area contributed by atoms with Gasteiger partial charge in [-0.25, -0.2) is 29.9 Å². The third-order valence-corrected chi connectivity index (χ3v) is 15.1. The normalized spacial score (nSPS) is 12.5. The van der Waals surface area contributed by atoms with Crippen molar-refractivity contribution in [3.8, 4) is 91.5 Å². The molecule has 3 aromatic heterocycles. The van der Waals surface area contributed by atoms with E-state index in [0.29, 0.717) is 143 Å². The quantitative estimate of drug-likeness (QED) is 0.113. The van der Waals surface area contributed by atoms with Crippen molar-refractivity contribution in [3.05, 3.63) is 170 Å². The number of aromatic amines is 2. The minimum Gasteiger partial charge on any atom is -0.457 e. The fourth-order valence-electron chi connectivity index (χ4n) is 10.6. The number of H-pyrrole nitrogens is 2. The van der Waals surface area contributed by atoms with Crippen LogP contribution in [-0.4, -0.2) is 124 Å². The molecule has 16 heteroatoms. The van der Waals surface area contributed by atoms with E-state index in [4.69, 9.17) is 48.9 Å². The Balaban J connectivity index is 1.09. The van der Waals surface area contributed by atoms with Gasteiger partial charge in [0.1, 0.15) is 91.3 Å². The number of nitrogens with one attached hydrogen (secondary N) is 2. The molecule has 0 fully saturated rings. The second-order valence-corrected chi connectivity index (χ2v) is 24.8. The molecule has 0 radical (unpaired) electrons. The maximum atomic E-state index is 6.83. The largest absolute Gasteiger partial charge is 0.457 e. The van der Waals surface area contributed by atoms with Crippen LogP contribution in [0.1, 0.15) is 0 Å². The van der Waals surface area contributed by atoms with Crippen LogP contribution in [0.15, 0.2) is 170 Å². The van der Waals surface area contributed by atoms with Crippen LogP contribution in [0.5, 0.6) is 46.0 Å². The molecule has 0 atom stereocenters. The van der Waals surface area contributed by atoms with E-state index in [1.807, 2.05) is 121 Å². The first kappa shape index (κ1) is 53.5. The minimum absolute atomic E-state index is 0.372. The number of rotatable bonds is 12. The highest BCUT2D eigenvalue weighted by Gasteiger charge is 2.29. The Morgan fingerprint density at radius 1 is 0.274 bits per heavy atom. The molecule has 0 saturated carbocycles. The lowest BCUT2D eigenvalue weighted by atomic mass is 10.1. The number of hydrogen-bond donors (Lipinski definition) is 2. The molecule has 84 heavy (non-hydrogen) atoms. The first-order valence-electron chi connectivity index (χ1n) is 27.8. The average Bonchev–Trinajstić information content (AvgIpc) is 3.01. The lowest BCUT2D eigenvalue weighted by Gasteiger charge is -2.23. The number of benzene rings is 8. The number of hydrogen-bond acceptors (Lipinski definition) is 10. The maximum Gasteiger partial charge on any atom is 0.168 e. The molecule has 2 aliphatic heterocycles. The monoisotopic (exact) mass is 1110 g/mol. The van der Waals surface area contributed by atoms with Crippen LogP contribution in [0.4, 0.5) is 22.7 Å². The van der Waals surface area contributed by atoms with Gasteiger partial charge in [-0.05, 0) is 72.8 Å². The van der Waals surface area contributed by atoms with E-state index in [9.17, 15) is 0 Å². The van der Waals surface area contributed by atoms with Gasteiger partial charge in [0.25, 0.3) is 0 Å². The Hall–Kier alpha value is -9.84. The third-order valence-electron chi connectivity index (χ3n) is 15.1. The van der Waals surface area contributed by atoms with Crippen LogP contribution in [0.2, 0.25) is 0 Å². The van der Waals surface area contributed by atoms with Crippen molar-refractivity contribution in [3.63, 3.8) is 0 Å². The van der Waals surface area contributed by atoms with Gasteiger partial charge in [-0.1, -0.05) is 48.5 Å². The first-order valence-corrected chi connectivity index (χ1v) is 27.8. The van der Waals surface area contributed by atoms with Gasteiger partial charge in [0.2, 0.25) is 0 Å². The van der Waals surface area contributed by atoms with E-state index < -0.39 is 0 Å². The van der Waals surface area contributed by atoms with Gasteiger partial charge in [0, 0.05) is 70.4 Å². The van der Waals surface area contributed by atoms with Crippen molar-refractivity contribution in [2.45, 2.75) is 0 Å². The second-order valence-electron chi connectivity index (χ2n) is 24.8. The predicted molar refractivity (Wildman–Crippen MR) is 340 cm³/mol. The lowest BCUT2D eigenvalue weighted by molar-refractivity contribution is 0.474. The smallest absolute Gasteiger partial charge is 0.168 e. The molecule has 418 valence electrons. The Morgan fingerprint density at radius 3 is 0.857 bits per heavy atom. The molecule has 2 aliphatic rings. The SMILES string of the molecule is C[N+](C)(C)c1ccc(Oc2cccc3c2-c2nc-3nc3[nH]c(nc4nc(nc5[nH]c(n2)c2cccc(Oc6ccc([N+](C)(C)C)cc6)c52)-c2cccc(Oc5ccc([N+](C)(C)C)cc5)c2-4)c2cccc(Oc4ccc([N+](C)(C)C)cc4)c32)cc1. The van der Waals surface area contributed by atoms with Crippen molar-refractivity contribution in [1.82, 2.24) is 57.8 Å². The molecule has 16 nitrogen and oxygen atoms in total. The van der Waals surface area contributed by atoms with Crippen LogP contribution < -0.4 is 36.9 Å². The van der Waals surface area contributed by atoms with Gasteiger partial charge >= 0.3 is 0 Å². The molecule has 0 aliphatic carbocycles. The summed E-state index contributed by atoms with van der Waals surface area (Å²) in [4.78, 5) is 39.7. The molecule has 5 heterocycles. The summed E-state index contributed by atoms with van der Waals surface area (Å²) in [5, 5.41) is 2.84. The molecule has 8 aromatic carbocycles. The molecule has 0 amide bonds. The van der Waals surface area contributed by atoms with E-state index in [2.05, 4.69) is 143 Å². The summed E-state index contributed by atoms with van der Waals surface area (Å²) >= 11 is 0. The molecule has 0 unspecified atom stereocenters. The number of ether oxygens (including phenoxy) is 4. The molecule has 0 spiro atoms. The predicted octanol–water partition coefficient (Wildman–Crippen LogP) is 14.8. The number of fused-ring (bicyclic) bond motifs is 20. The van der Waals surface area contributed by atoms with Crippen LogP contribution in [-0.2, 0) is 0 Å². The topological polar surface area (TPSA) is 146 Å². The summed E-state index contributed by atoms with van der Waals surface area (Å²) in [7, 11) is 25.6. The molecular weight excluding hydrogens is 1050 g/mol. The summed E-state index contributed by atoms with van der Waals surface area (Å²) < 4.78 is 29.9. The fourth-order valence-corrected chi connectivity index (χ4v) is 10.6. The summed E-state index contributed by atoms with van der Waals surface area (Å²) in [6, 6.07) is 56.1. The van der Waals surface area contributed by atoms with Crippen molar-refractivity contribution < 1.29 is 18.9 Å². The van der Waals surface area contributed by atoms with Gasteiger partial charge in [0.15, 0.2) is 23.3 Å². The highest BCUT2D eigenvalue weighted by atomic mass is 16.5. The van der Waals surface area contributed by atoms with Crippen molar-refractivity contribution >= 4 is 66.9 Å². The Morgan fingerprint density at radius 2 is 0.548 bits per heavy atom. The number of aromatic nitrogens is 8. The minimum atomic E-state index is 0.372. The zero-order chi connectivity index (χ0) is 58.5. The van der Waals surface area contributed by atoms with E-state index in [-0.39, 0.29) is 0 Å². The van der Waals surface area contributed by atoms with Crippen LogP contribution in [0.25, 0.3) is 89.7 Å². The van der Waals surface area contributed by atoms with E-state index >= 15 is 0 Å². The van der Waals surface area contributed by atoms with Gasteiger partial charge < -0.3 is 28.9 Å². The highest BCUT2D eigenvalue weighted by Crippen LogP contribution is 2.47. The zero-order valence-corrected chi connectivity index (χ0v) is 49.3. The average molecular weight is 1120 g/mol. The third kappa shape index (κ3) is 10.1. The van der Waals surface area contributed by atoms with Gasteiger partial charge in [-0.2, -0.15) is 0 Å². The maximum absolute atomic E-state index is 6.83. The Kier molecular flexibility index (Phi) is 12.7. The number of quaternary nitrogens is 4. The van der Waals surface area contributed by atoms with Crippen LogP contribution in [0, 0.1) is 0 Å². The van der Waals surface area contributed by atoms with E-state index in [1.54, 1.807) is 0 Å². The standard InChI is InChI=1S/C68H66N12O4/c1-77(2,3)41-25-33-45(34-26-41)81-53-21-13-17-49-57(53)65-69-61(49)74-66-59-51(19-15-23-55(59)83-47-37-29-43(30-38-47)79(7,8)9)63(71-66)76-68-60-52(20-16-24-56(60)84-48-39-31-44(32-40-48)80(10,11)12)64(72-68)75-67-58-50(62(70-67)73-65)18-14-22-54(58)82-46-35-27-42(28-36-46)78(4,5)6/h13-40H,1-12H3,(H2,69,70,71,72,73,74,75,76)/q+4. The van der Waals surface area contributed by atoms with Crippen molar-refractivity contribution in [2.75, 3.05) is 84.6 Å². The van der Waals surface area contributed by atoms with E-state index in [1.165, 1.54) is 0 Å². The van der Waals surface area contributed by atoms with Gasteiger partial charge in [0.05, 0.1) is 106 Å². The molecule has 11 aromatic rings. The second kappa shape index (κ2) is 20.0. The highest BCUT2D eigenvalue weighted by molar-refractivity contribution is 6.10. The molecule has 0 saturated heterocycles.